The number of carbonyl (C=O) groups is 2. The van der Waals surface area contributed by atoms with Crippen molar-refractivity contribution in [2.75, 3.05) is 24.2 Å². The van der Waals surface area contributed by atoms with Gasteiger partial charge in [0.05, 0.1) is 5.69 Å². The minimum absolute atomic E-state index is 0.157. The highest BCUT2D eigenvalue weighted by molar-refractivity contribution is 6.01. The van der Waals surface area contributed by atoms with Crippen LogP contribution < -0.4 is 10.6 Å². The summed E-state index contributed by atoms with van der Waals surface area (Å²) in [4.78, 5) is 31.6. The van der Waals surface area contributed by atoms with Gasteiger partial charge in [-0.3, -0.25) is 9.59 Å². The molecule has 3 heterocycles. The van der Waals surface area contributed by atoms with Gasteiger partial charge in [0.25, 0.3) is 5.91 Å². The predicted molar refractivity (Wildman–Crippen MR) is 110 cm³/mol. The first-order chi connectivity index (χ1) is 14.2. The zero-order chi connectivity index (χ0) is 20.2. The number of carbonyl (C=O) groups excluding carboxylic acids is 2. The maximum Gasteiger partial charge on any atom is 0.254 e. The molecule has 8 nitrogen and oxygen atoms in total. The molecule has 0 saturated carbocycles. The van der Waals surface area contributed by atoms with Crippen molar-refractivity contribution in [2.45, 2.75) is 18.9 Å². The van der Waals surface area contributed by atoms with E-state index in [0.717, 1.165) is 12.1 Å². The molecule has 1 saturated heterocycles. The van der Waals surface area contributed by atoms with Crippen LogP contribution in [0.15, 0.2) is 61.1 Å². The van der Waals surface area contributed by atoms with Crippen LogP contribution in [0, 0.1) is 0 Å². The zero-order valence-electron chi connectivity index (χ0n) is 16.1. The molecule has 1 aliphatic rings. The number of aromatic nitrogens is 3. The van der Waals surface area contributed by atoms with Crippen LogP contribution in [-0.2, 0) is 4.79 Å². The molecule has 1 atom stereocenters. The Morgan fingerprint density at radius 2 is 1.97 bits per heavy atom. The maximum atomic E-state index is 12.9. The molecule has 0 aliphatic carbocycles. The molecule has 4 rings (SSSR count). The van der Waals surface area contributed by atoms with Crippen LogP contribution >= 0.6 is 0 Å². The molecule has 3 aromatic rings. The second-order valence-corrected chi connectivity index (χ2v) is 6.82. The van der Waals surface area contributed by atoms with Gasteiger partial charge in [-0.2, -0.15) is 5.10 Å². The van der Waals surface area contributed by atoms with E-state index in [-0.39, 0.29) is 11.8 Å². The maximum absolute atomic E-state index is 12.9. The molecule has 1 aliphatic heterocycles. The molecular weight excluding hydrogens is 368 g/mol. The second kappa shape index (κ2) is 8.14. The van der Waals surface area contributed by atoms with Gasteiger partial charge >= 0.3 is 0 Å². The lowest BCUT2D eigenvalue weighted by Crippen LogP contribution is -2.43. The van der Waals surface area contributed by atoms with E-state index in [0.29, 0.717) is 30.0 Å². The van der Waals surface area contributed by atoms with Gasteiger partial charge in [-0.1, -0.05) is 0 Å². The van der Waals surface area contributed by atoms with Crippen molar-refractivity contribution in [3.8, 4) is 5.69 Å². The lowest BCUT2D eigenvalue weighted by Gasteiger charge is -2.24. The van der Waals surface area contributed by atoms with Crippen LogP contribution in [0.1, 0.15) is 23.2 Å². The Bertz CT molecular complexity index is 1000. The first-order valence-electron chi connectivity index (χ1n) is 9.51. The smallest absolute Gasteiger partial charge is 0.254 e. The monoisotopic (exact) mass is 390 g/mol. The fraction of sp³-hybridized carbons (Fsp3) is 0.238. The molecule has 8 heteroatoms. The van der Waals surface area contributed by atoms with Crippen molar-refractivity contribution in [3.63, 3.8) is 0 Å². The van der Waals surface area contributed by atoms with Crippen molar-refractivity contribution in [1.82, 2.24) is 19.7 Å². The van der Waals surface area contributed by atoms with Crippen LogP contribution in [0.25, 0.3) is 5.69 Å². The number of hydrogen-bond donors (Lipinski definition) is 2. The highest BCUT2D eigenvalue weighted by Gasteiger charge is 2.34. The average Bonchev–Trinajstić information content (AvgIpc) is 3.46. The van der Waals surface area contributed by atoms with Gasteiger partial charge in [0.2, 0.25) is 5.91 Å². The summed E-state index contributed by atoms with van der Waals surface area (Å²) >= 11 is 0. The summed E-state index contributed by atoms with van der Waals surface area (Å²) in [5, 5.41) is 10.0. The fourth-order valence-corrected chi connectivity index (χ4v) is 3.49. The fourth-order valence-electron chi connectivity index (χ4n) is 3.49. The summed E-state index contributed by atoms with van der Waals surface area (Å²) < 4.78 is 1.75. The van der Waals surface area contributed by atoms with E-state index < -0.39 is 6.04 Å². The Morgan fingerprint density at radius 1 is 1.14 bits per heavy atom. The average molecular weight is 390 g/mol. The molecule has 0 bridgehead atoms. The van der Waals surface area contributed by atoms with Gasteiger partial charge in [0.1, 0.15) is 11.9 Å². The van der Waals surface area contributed by atoms with Gasteiger partial charge < -0.3 is 15.5 Å². The van der Waals surface area contributed by atoms with Crippen LogP contribution in [-0.4, -0.2) is 51.1 Å². The van der Waals surface area contributed by atoms with Crippen molar-refractivity contribution < 1.29 is 9.59 Å². The summed E-state index contributed by atoms with van der Waals surface area (Å²) in [5.74, 6) is 0.287. The molecule has 2 aromatic heterocycles. The van der Waals surface area contributed by atoms with Gasteiger partial charge in [0.15, 0.2) is 0 Å². The number of nitrogens with zero attached hydrogens (tertiary/aromatic N) is 4. The molecule has 0 radical (unpaired) electrons. The van der Waals surface area contributed by atoms with Crippen molar-refractivity contribution in [2.24, 2.45) is 0 Å². The zero-order valence-corrected chi connectivity index (χ0v) is 16.1. The predicted octanol–water partition coefficient (Wildman–Crippen LogP) is 2.55. The van der Waals surface area contributed by atoms with Crippen LogP contribution in [0.4, 0.5) is 11.5 Å². The number of amides is 2. The number of likely N-dealkylation sites (tertiary alicyclic amines) is 1. The third kappa shape index (κ3) is 3.96. The Balaban J connectivity index is 1.45. The van der Waals surface area contributed by atoms with Crippen molar-refractivity contribution >= 4 is 23.3 Å². The Hall–Kier alpha value is -3.68. The third-order valence-corrected chi connectivity index (χ3v) is 4.98. The number of pyridine rings is 1. The minimum atomic E-state index is -0.487. The molecule has 1 fully saturated rings. The van der Waals surface area contributed by atoms with Crippen molar-refractivity contribution in [3.05, 3.63) is 66.6 Å². The van der Waals surface area contributed by atoms with Gasteiger partial charge in [-0.15, -0.1) is 0 Å². The Kier molecular flexibility index (Phi) is 5.24. The van der Waals surface area contributed by atoms with Crippen molar-refractivity contribution in [1.29, 1.82) is 0 Å². The first-order valence-corrected chi connectivity index (χ1v) is 9.51. The molecule has 0 spiro atoms. The van der Waals surface area contributed by atoms with E-state index in [1.165, 1.54) is 0 Å². The van der Waals surface area contributed by atoms with E-state index in [9.17, 15) is 9.59 Å². The summed E-state index contributed by atoms with van der Waals surface area (Å²) in [5.41, 5.74) is 2.11. The highest BCUT2D eigenvalue weighted by Crippen LogP contribution is 2.23. The normalized spacial score (nSPS) is 15.9. The standard InChI is InChI=1S/C21H22N6O2/c1-22-19-14-15(9-11-23-19)21(29)26-12-2-4-18(26)20(28)25-16-5-7-17(8-6-16)27-13-3-10-24-27/h3,5-11,13-14,18H,2,4,12H2,1H3,(H,22,23)(H,25,28)/t18-/m0/s1. The number of nitrogens with one attached hydrogen (secondary N) is 2. The van der Waals surface area contributed by atoms with Gasteiger partial charge in [-0.25, -0.2) is 9.67 Å². The lowest BCUT2D eigenvalue weighted by molar-refractivity contribution is -0.119. The number of hydrogen-bond acceptors (Lipinski definition) is 5. The SMILES string of the molecule is CNc1cc(C(=O)N2CCC[C@H]2C(=O)Nc2ccc(-n3cccn3)cc2)ccn1. The molecular formula is C21H22N6O2. The topological polar surface area (TPSA) is 92.2 Å². The molecule has 29 heavy (non-hydrogen) atoms. The first kappa shape index (κ1) is 18.7. The molecule has 0 unspecified atom stereocenters. The minimum Gasteiger partial charge on any atom is -0.373 e. The number of rotatable bonds is 5. The van der Waals surface area contributed by atoms with Crippen LogP contribution in [0.2, 0.25) is 0 Å². The summed E-state index contributed by atoms with van der Waals surface area (Å²) in [6.45, 7) is 0.562. The Labute approximate surface area is 168 Å². The molecule has 2 amide bonds. The van der Waals surface area contributed by atoms with E-state index in [1.54, 1.807) is 41.2 Å². The summed E-state index contributed by atoms with van der Waals surface area (Å²) in [7, 11) is 1.75. The summed E-state index contributed by atoms with van der Waals surface area (Å²) in [6.07, 6.45) is 6.60. The molecule has 2 N–H and O–H groups in total. The molecule has 1 aromatic carbocycles. The van der Waals surface area contributed by atoms with Crippen LogP contribution in [0.5, 0.6) is 0 Å². The number of anilines is 2. The largest absolute Gasteiger partial charge is 0.373 e. The van der Waals surface area contributed by atoms with Crippen LogP contribution in [0.3, 0.4) is 0 Å². The lowest BCUT2D eigenvalue weighted by atomic mass is 10.1. The molecule has 148 valence electrons. The number of benzene rings is 1. The van der Waals surface area contributed by atoms with E-state index in [4.69, 9.17) is 0 Å². The summed E-state index contributed by atoms with van der Waals surface area (Å²) in [6, 6.07) is 12.2. The van der Waals surface area contributed by atoms with Gasteiger partial charge in [-0.05, 0) is 55.3 Å². The van der Waals surface area contributed by atoms with E-state index in [1.807, 2.05) is 36.5 Å². The van der Waals surface area contributed by atoms with E-state index >= 15 is 0 Å². The van der Waals surface area contributed by atoms with Gasteiger partial charge in [0, 0.05) is 43.4 Å². The van der Waals surface area contributed by atoms with E-state index in [2.05, 4.69) is 20.7 Å². The third-order valence-electron chi connectivity index (χ3n) is 4.98. The second-order valence-electron chi connectivity index (χ2n) is 6.82. The Morgan fingerprint density at radius 3 is 2.69 bits per heavy atom. The highest BCUT2D eigenvalue weighted by atomic mass is 16.2. The quantitative estimate of drug-likeness (QED) is 0.699.